The van der Waals surface area contributed by atoms with Crippen molar-refractivity contribution in [2.45, 2.75) is 0 Å². The van der Waals surface area contributed by atoms with Gasteiger partial charge in [-0.15, -0.1) is 0 Å². The van der Waals surface area contributed by atoms with Crippen LogP contribution in [0.25, 0.3) is 6.08 Å². The van der Waals surface area contributed by atoms with E-state index in [4.69, 9.17) is 4.74 Å². The van der Waals surface area contributed by atoms with Crippen molar-refractivity contribution in [3.8, 4) is 5.75 Å². The molecular weight excluding hydrogens is 196 g/mol. The molecule has 0 aromatic heterocycles. The summed E-state index contributed by atoms with van der Waals surface area (Å²) >= 11 is 0. The molecule has 0 saturated heterocycles. The van der Waals surface area contributed by atoms with Gasteiger partial charge in [0, 0.05) is 27.3 Å². The molecule has 0 N–H and O–H groups in total. The number of benzene rings is 1. The number of hydrogen-bond acceptors (Lipinski definition) is 1. The van der Waals surface area contributed by atoms with E-state index in [9.17, 15) is 0 Å². The van der Waals surface area contributed by atoms with E-state index in [1.54, 1.807) is 0 Å². The van der Waals surface area contributed by atoms with E-state index in [0.717, 1.165) is 5.75 Å². The van der Waals surface area contributed by atoms with Crippen LogP contribution in [0.1, 0.15) is 8.42 Å². The van der Waals surface area contributed by atoms with Crippen molar-refractivity contribution in [2.75, 3.05) is 6.61 Å². The molecule has 0 radical (unpaired) electrons. The molecule has 1 aromatic rings. The first-order valence-electron chi connectivity index (χ1n) is 3.35. The zero-order valence-electron chi connectivity index (χ0n) is 8.79. The Morgan fingerprint density at radius 2 is 2.00 bits per heavy atom. The second-order valence-electron chi connectivity index (χ2n) is 2.25. The molecular formula is C9H10MgOTi. The molecule has 58 valence electrons. The first-order valence-corrected chi connectivity index (χ1v) is 3.35. The van der Waals surface area contributed by atoms with Crippen LogP contribution < -0.4 is 4.74 Å². The number of rotatable bonds is 0. The smallest absolute Gasteiger partial charge is 1.00 e. The number of hydrogen-bond donors (Lipinski definition) is 0. The number of ether oxygens (including phenoxy) is 1. The number of fused-ring (bicyclic) bond motifs is 1. The molecule has 0 bridgehead atoms. The molecule has 0 unspecified atom stereocenters. The van der Waals surface area contributed by atoms with Crippen molar-refractivity contribution in [3.05, 3.63) is 35.9 Å². The zero-order valence-corrected chi connectivity index (χ0v) is 9.76. The van der Waals surface area contributed by atoms with Crippen LogP contribution in [0.5, 0.6) is 5.75 Å². The molecule has 1 aliphatic rings. The Kier molecular flexibility index (Phi) is 5.93. The van der Waals surface area contributed by atoms with Crippen LogP contribution in [0.3, 0.4) is 0 Å². The first-order chi connectivity index (χ1) is 4.97. The minimum atomic E-state index is 0. The van der Waals surface area contributed by atoms with Gasteiger partial charge in [0.15, 0.2) is 0 Å². The van der Waals surface area contributed by atoms with Crippen molar-refractivity contribution in [3.63, 3.8) is 0 Å². The van der Waals surface area contributed by atoms with Gasteiger partial charge in [0.2, 0.25) is 0 Å². The fraction of sp³-hybridized carbons (Fsp3) is 0.111. The molecule has 12 heavy (non-hydrogen) atoms. The van der Waals surface area contributed by atoms with E-state index < -0.39 is 0 Å². The third kappa shape index (κ3) is 2.63. The molecule has 2 rings (SSSR count). The summed E-state index contributed by atoms with van der Waals surface area (Å²) in [5, 5.41) is 0. The Morgan fingerprint density at radius 1 is 1.25 bits per heavy atom. The van der Waals surface area contributed by atoms with Crippen LogP contribution in [-0.2, 0) is 21.7 Å². The van der Waals surface area contributed by atoms with Crippen molar-refractivity contribution in [1.29, 1.82) is 0 Å². The SMILES string of the molecule is C1=Cc2ccccc2OC1.[H-].[H-].[Mg+2].[Ti]. The summed E-state index contributed by atoms with van der Waals surface area (Å²) in [7, 11) is 0. The third-order valence-electron chi connectivity index (χ3n) is 1.55. The van der Waals surface area contributed by atoms with Gasteiger partial charge < -0.3 is 7.59 Å². The Hall–Kier alpha value is 0.241. The third-order valence-corrected chi connectivity index (χ3v) is 1.55. The average molecular weight is 206 g/mol. The minimum Gasteiger partial charge on any atom is -1.00 e. The average Bonchev–Trinajstić information content (AvgIpc) is 2.05. The van der Waals surface area contributed by atoms with Crippen LogP contribution in [0.4, 0.5) is 0 Å². The van der Waals surface area contributed by atoms with Gasteiger partial charge in [-0.3, -0.25) is 0 Å². The molecule has 0 spiro atoms. The topological polar surface area (TPSA) is 9.23 Å². The molecule has 0 atom stereocenters. The van der Waals surface area contributed by atoms with E-state index in [1.807, 2.05) is 30.3 Å². The van der Waals surface area contributed by atoms with Gasteiger partial charge in [-0.25, -0.2) is 0 Å². The van der Waals surface area contributed by atoms with E-state index in [1.165, 1.54) is 5.56 Å². The Balaban J connectivity index is -0.000000302. The normalized spacial score (nSPS) is 11.7. The monoisotopic (exact) mass is 206 g/mol. The van der Waals surface area contributed by atoms with Crippen LogP contribution in [0.2, 0.25) is 0 Å². The van der Waals surface area contributed by atoms with Gasteiger partial charge in [-0.05, 0) is 12.1 Å². The molecule has 1 nitrogen and oxygen atoms in total. The Morgan fingerprint density at radius 3 is 2.75 bits per heavy atom. The molecule has 1 aliphatic heterocycles. The van der Waals surface area contributed by atoms with E-state index in [0.29, 0.717) is 6.61 Å². The van der Waals surface area contributed by atoms with Crippen LogP contribution >= 0.6 is 0 Å². The predicted molar refractivity (Wildman–Crippen MR) is 48.9 cm³/mol. The molecule has 0 fully saturated rings. The molecule has 0 saturated carbocycles. The van der Waals surface area contributed by atoms with Crippen LogP contribution in [0, 0.1) is 0 Å². The maximum Gasteiger partial charge on any atom is 2.00 e. The summed E-state index contributed by atoms with van der Waals surface area (Å²) in [6.07, 6.45) is 4.10. The van der Waals surface area contributed by atoms with Crippen molar-refractivity contribution >= 4 is 29.1 Å². The largest absolute Gasteiger partial charge is 2.00 e. The van der Waals surface area contributed by atoms with Gasteiger partial charge >= 0.3 is 23.1 Å². The second-order valence-corrected chi connectivity index (χ2v) is 2.25. The van der Waals surface area contributed by atoms with Gasteiger partial charge in [-0.1, -0.05) is 24.3 Å². The standard InChI is InChI=1S/C9H8O.Mg.Ti.2H/c1-2-6-9-8(4-1)5-3-7-10-9;;;;/h1-6H,7H2;;;;/q;+2;;2*-1. The van der Waals surface area contributed by atoms with E-state index >= 15 is 0 Å². The minimum absolute atomic E-state index is 0. The summed E-state index contributed by atoms with van der Waals surface area (Å²) < 4.78 is 5.34. The second kappa shape index (κ2) is 5.81. The summed E-state index contributed by atoms with van der Waals surface area (Å²) in [5.74, 6) is 0.991. The first kappa shape index (κ1) is 12.2. The summed E-state index contributed by atoms with van der Waals surface area (Å²) in [4.78, 5) is 0. The maximum absolute atomic E-state index is 5.34. The Labute approximate surface area is 106 Å². The van der Waals surface area contributed by atoms with Crippen molar-refractivity contribution in [2.24, 2.45) is 0 Å². The molecule has 0 amide bonds. The van der Waals surface area contributed by atoms with Crippen LogP contribution in [0.15, 0.2) is 30.3 Å². The van der Waals surface area contributed by atoms with Gasteiger partial charge in [-0.2, -0.15) is 0 Å². The zero-order chi connectivity index (χ0) is 6.81. The Bertz CT molecular complexity index is 281. The summed E-state index contributed by atoms with van der Waals surface area (Å²) in [6.45, 7) is 0.705. The molecule has 3 heteroatoms. The molecule has 1 aromatic carbocycles. The van der Waals surface area contributed by atoms with Crippen molar-refractivity contribution in [1.82, 2.24) is 0 Å². The maximum atomic E-state index is 5.34. The molecule has 1 heterocycles. The summed E-state index contributed by atoms with van der Waals surface area (Å²) in [6, 6.07) is 8.03. The fourth-order valence-electron chi connectivity index (χ4n) is 1.06. The summed E-state index contributed by atoms with van der Waals surface area (Å²) in [5.41, 5.74) is 1.17. The van der Waals surface area contributed by atoms with Gasteiger partial charge in [0.25, 0.3) is 0 Å². The predicted octanol–water partition coefficient (Wildman–Crippen LogP) is 1.93. The van der Waals surface area contributed by atoms with Crippen molar-refractivity contribution < 1.29 is 29.3 Å². The fourth-order valence-corrected chi connectivity index (χ4v) is 1.06. The van der Waals surface area contributed by atoms with Gasteiger partial charge in [0.1, 0.15) is 12.4 Å². The van der Waals surface area contributed by atoms with E-state index in [-0.39, 0.29) is 47.6 Å². The van der Waals surface area contributed by atoms with Crippen LogP contribution in [-0.4, -0.2) is 29.7 Å². The quantitative estimate of drug-likeness (QED) is 0.589. The van der Waals surface area contributed by atoms with Gasteiger partial charge in [0.05, 0.1) is 0 Å². The molecule has 0 aliphatic carbocycles. The number of para-hydroxylation sites is 1. The van der Waals surface area contributed by atoms with E-state index in [2.05, 4.69) is 6.08 Å².